The second kappa shape index (κ2) is 4.14. The Balaban J connectivity index is 2.15. The molecule has 3 unspecified atom stereocenters. The van der Waals surface area contributed by atoms with E-state index in [2.05, 4.69) is 4.74 Å². The predicted octanol–water partition coefficient (Wildman–Crippen LogP) is 0.689. The van der Waals surface area contributed by atoms with E-state index in [0.29, 0.717) is 26.2 Å². The highest BCUT2D eigenvalue weighted by atomic mass is 35.5. The maximum absolute atomic E-state index is 11.5. The summed E-state index contributed by atoms with van der Waals surface area (Å²) in [5.41, 5.74) is -0.782. The van der Waals surface area contributed by atoms with Crippen molar-refractivity contribution in [3.05, 3.63) is 0 Å². The maximum atomic E-state index is 11.5. The maximum Gasteiger partial charge on any atom is 0.357 e. The van der Waals surface area contributed by atoms with Crippen LogP contribution in [0, 0.1) is 0 Å². The molecule has 5 nitrogen and oxygen atoms in total. The average molecular weight is 251 g/mol. The minimum atomic E-state index is -1.40. The fourth-order valence-corrected chi connectivity index (χ4v) is 2.58. The largest absolute Gasteiger partial charge is 0.466 e. The van der Waals surface area contributed by atoms with Gasteiger partial charge in [0.25, 0.3) is 5.06 Å². The van der Waals surface area contributed by atoms with E-state index in [4.69, 9.17) is 25.8 Å². The third kappa shape index (κ3) is 1.54. The molecule has 2 heterocycles. The molecule has 0 saturated carbocycles. The molecule has 16 heavy (non-hydrogen) atoms. The molecule has 6 heteroatoms. The van der Waals surface area contributed by atoms with E-state index >= 15 is 0 Å². The van der Waals surface area contributed by atoms with Crippen molar-refractivity contribution in [3.63, 3.8) is 0 Å². The van der Waals surface area contributed by atoms with Gasteiger partial charge in [-0.2, -0.15) is 0 Å². The summed E-state index contributed by atoms with van der Waals surface area (Å²) in [5, 5.41) is -1.40. The number of alkyl halides is 1. The first-order valence-corrected chi connectivity index (χ1v) is 5.65. The van der Waals surface area contributed by atoms with Gasteiger partial charge in [-0.15, -0.1) is 0 Å². The summed E-state index contributed by atoms with van der Waals surface area (Å²) in [6, 6.07) is 0. The molecule has 0 aliphatic carbocycles. The van der Waals surface area contributed by atoms with Crippen LogP contribution in [0.15, 0.2) is 0 Å². The lowest BCUT2D eigenvalue weighted by atomic mass is 9.92. The van der Waals surface area contributed by atoms with Crippen molar-refractivity contribution < 1.29 is 23.7 Å². The van der Waals surface area contributed by atoms with Crippen LogP contribution in [0.25, 0.3) is 0 Å². The van der Waals surface area contributed by atoms with Crippen molar-refractivity contribution in [1.82, 2.24) is 0 Å². The highest BCUT2D eigenvalue weighted by Gasteiger charge is 2.79. The Morgan fingerprint density at radius 1 is 1.62 bits per heavy atom. The molecule has 0 N–H and O–H groups in total. The Morgan fingerprint density at radius 3 is 3.00 bits per heavy atom. The number of epoxide rings is 1. The van der Waals surface area contributed by atoms with E-state index in [9.17, 15) is 4.79 Å². The van der Waals surface area contributed by atoms with Gasteiger partial charge in [0.15, 0.2) is 5.60 Å². The van der Waals surface area contributed by atoms with Crippen LogP contribution in [-0.2, 0) is 23.7 Å². The zero-order chi connectivity index (χ0) is 11.8. The molecule has 3 atom stereocenters. The number of hydrogen-bond acceptors (Lipinski definition) is 5. The van der Waals surface area contributed by atoms with E-state index in [1.54, 1.807) is 0 Å². The van der Waals surface area contributed by atoms with Crippen molar-refractivity contribution in [2.75, 3.05) is 26.9 Å². The molecule has 0 bridgehead atoms. The van der Waals surface area contributed by atoms with Gasteiger partial charge in [0, 0.05) is 19.6 Å². The summed E-state index contributed by atoms with van der Waals surface area (Å²) in [5.74, 6) is -0.569. The normalized spacial score (nSPS) is 42.1. The van der Waals surface area contributed by atoms with Gasteiger partial charge in [0.1, 0.15) is 6.10 Å². The lowest BCUT2D eigenvalue weighted by Crippen LogP contribution is -2.47. The molecular weight excluding hydrogens is 236 g/mol. The van der Waals surface area contributed by atoms with Crippen molar-refractivity contribution in [2.45, 2.75) is 30.1 Å². The zero-order valence-electron chi connectivity index (χ0n) is 9.32. The summed E-state index contributed by atoms with van der Waals surface area (Å²) in [6.07, 6.45) is 0.221. The lowest BCUT2D eigenvalue weighted by molar-refractivity contribution is -0.144. The molecule has 2 fully saturated rings. The first-order chi connectivity index (χ1) is 7.60. The third-order valence-electron chi connectivity index (χ3n) is 3.05. The summed E-state index contributed by atoms with van der Waals surface area (Å²) < 4.78 is 20.9. The standard InChI is InChI=1S/C10H15ClO5/c1-3-15-7-6-14-5-4-9(7)10(11,16-9)8(12)13-2/h7H,3-6H2,1-2H3. The van der Waals surface area contributed by atoms with Crippen LogP contribution in [0.3, 0.4) is 0 Å². The predicted molar refractivity (Wildman–Crippen MR) is 55.3 cm³/mol. The minimum absolute atomic E-state index is 0.317. The van der Waals surface area contributed by atoms with Crippen LogP contribution >= 0.6 is 11.6 Å². The first-order valence-electron chi connectivity index (χ1n) is 5.27. The van der Waals surface area contributed by atoms with Crippen molar-refractivity contribution in [2.24, 2.45) is 0 Å². The number of halogens is 1. The van der Waals surface area contributed by atoms with Gasteiger partial charge < -0.3 is 18.9 Å². The molecule has 0 aromatic heterocycles. The molecule has 92 valence electrons. The van der Waals surface area contributed by atoms with Crippen LogP contribution in [-0.4, -0.2) is 49.7 Å². The lowest BCUT2D eigenvalue weighted by Gasteiger charge is -2.29. The van der Waals surface area contributed by atoms with Gasteiger partial charge >= 0.3 is 5.97 Å². The fraction of sp³-hybridized carbons (Fsp3) is 0.900. The van der Waals surface area contributed by atoms with Crippen LogP contribution in [0.1, 0.15) is 13.3 Å². The molecule has 2 rings (SSSR count). The summed E-state index contributed by atoms with van der Waals surface area (Å²) in [4.78, 5) is 11.5. The summed E-state index contributed by atoms with van der Waals surface area (Å²) >= 11 is 6.13. The van der Waals surface area contributed by atoms with Crippen molar-refractivity contribution in [3.8, 4) is 0 Å². The zero-order valence-corrected chi connectivity index (χ0v) is 10.1. The highest BCUT2D eigenvalue weighted by Crippen LogP contribution is 2.58. The Bertz CT molecular complexity index is 295. The summed E-state index contributed by atoms with van der Waals surface area (Å²) in [6.45, 7) is 3.29. The van der Waals surface area contributed by atoms with Crippen LogP contribution < -0.4 is 0 Å². The van der Waals surface area contributed by atoms with E-state index in [-0.39, 0.29) is 6.10 Å². The monoisotopic (exact) mass is 250 g/mol. The number of hydrogen-bond donors (Lipinski definition) is 0. The molecule has 0 amide bonds. The quantitative estimate of drug-likeness (QED) is 0.419. The highest BCUT2D eigenvalue weighted by molar-refractivity contribution is 6.36. The molecular formula is C10H15ClO5. The van der Waals surface area contributed by atoms with E-state index < -0.39 is 16.6 Å². The number of carbonyl (C=O) groups is 1. The number of methoxy groups -OCH3 is 1. The van der Waals surface area contributed by atoms with Crippen molar-refractivity contribution >= 4 is 17.6 Å². The molecule has 2 aliphatic heterocycles. The van der Waals surface area contributed by atoms with E-state index in [1.807, 2.05) is 6.92 Å². The Morgan fingerprint density at radius 2 is 2.38 bits per heavy atom. The molecule has 0 radical (unpaired) electrons. The Labute approximate surface area is 98.9 Å². The SMILES string of the molecule is CCOC1COCCC12OC2(Cl)C(=O)OC. The Hall–Kier alpha value is -0.360. The second-order valence-electron chi connectivity index (χ2n) is 3.85. The summed E-state index contributed by atoms with van der Waals surface area (Å²) in [7, 11) is 1.29. The number of ether oxygens (including phenoxy) is 4. The first kappa shape index (κ1) is 12.1. The number of carbonyl (C=O) groups excluding carboxylic acids is 1. The molecule has 2 aliphatic rings. The molecule has 2 saturated heterocycles. The van der Waals surface area contributed by atoms with Gasteiger partial charge in [-0.1, -0.05) is 11.6 Å². The van der Waals surface area contributed by atoms with E-state index in [1.165, 1.54) is 7.11 Å². The average Bonchev–Trinajstić information content (AvgIpc) is 2.89. The van der Waals surface area contributed by atoms with Gasteiger partial charge in [0.2, 0.25) is 0 Å². The van der Waals surface area contributed by atoms with Gasteiger partial charge in [0.05, 0.1) is 13.7 Å². The second-order valence-corrected chi connectivity index (χ2v) is 4.38. The molecule has 0 aromatic rings. The van der Waals surface area contributed by atoms with Gasteiger partial charge in [-0.3, -0.25) is 0 Å². The number of esters is 1. The van der Waals surface area contributed by atoms with Crippen LogP contribution in [0.4, 0.5) is 0 Å². The van der Waals surface area contributed by atoms with Gasteiger partial charge in [-0.25, -0.2) is 4.79 Å². The molecule has 0 aromatic carbocycles. The minimum Gasteiger partial charge on any atom is -0.466 e. The third-order valence-corrected chi connectivity index (χ3v) is 3.60. The number of rotatable bonds is 3. The van der Waals surface area contributed by atoms with Crippen molar-refractivity contribution in [1.29, 1.82) is 0 Å². The van der Waals surface area contributed by atoms with Crippen LogP contribution in [0.5, 0.6) is 0 Å². The fourth-order valence-electron chi connectivity index (χ4n) is 2.15. The smallest absolute Gasteiger partial charge is 0.357 e. The Kier molecular flexibility index (Phi) is 3.13. The topological polar surface area (TPSA) is 57.3 Å². The van der Waals surface area contributed by atoms with Crippen LogP contribution in [0.2, 0.25) is 0 Å². The van der Waals surface area contributed by atoms with E-state index in [0.717, 1.165) is 0 Å². The van der Waals surface area contributed by atoms with Gasteiger partial charge in [-0.05, 0) is 6.92 Å². The molecule has 1 spiro atoms.